The first-order valence-electron chi connectivity index (χ1n) is 8.57. The summed E-state index contributed by atoms with van der Waals surface area (Å²) in [6, 6.07) is 12.2. The molecule has 0 atom stereocenters. The minimum absolute atomic E-state index is 0.0427. The second-order valence-corrected chi connectivity index (χ2v) is 7.29. The zero-order valence-corrected chi connectivity index (χ0v) is 16.6. The van der Waals surface area contributed by atoms with Gasteiger partial charge >= 0.3 is 0 Å². The van der Waals surface area contributed by atoms with Gasteiger partial charge in [0.25, 0.3) is 5.91 Å². The number of halogens is 1. The van der Waals surface area contributed by atoms with Gasteiger partial charge in [0.15, 0.2) is 10.6 Å². The summed E-state index contributed by atoms with van der Waals surface area (Å²) in [4.78, 5) is 28.9. The average Bonchev–Trinajstić information content (AvgIpc) is 3.00. The lowest BCUT2D eigenvalue weighted by Crippen LogP contribution is -2.20. The van der Waals surface area contributed by atoms with Crippen LogP contribution in [0.15, 0.2) is 47.5 Å². The molecule has 0 aliphatic carbocycles. The topological polar surface area (TPSA) is 60.7 Å². The first-order valence-corrected chi connectivity index (χ1v) is 9.76. The lowest BCUT2D eigenvalue weighted by atomic mass is 10.1. The second kappa shape index (κ2) is 8.61. The summed E-state index contributed by atoms with van der Waals surface area (Å²) in [5, 5.41) is 0.611. The van der Waals surface area contributed by atoms with Gasteiger partial charge in [0.05, 0.1) is 21.8 Å². The standard InChI is InChI=1S/C20H19ClN2O3S/c1-3-26-12-11-23-18-16(21)5-4-6-17(18)27-20(23)22-19(25)15-9-7-14(8-10-15)13(2)24/h4-10H,3,11-12H2,1-2H3. The van der Waals surface area contributed by atoms with Crippen LogP contribution in [-0.2, 0) is 11.3 Å². The Morgan fingerprint density at radius 3 is 2.52 bits per heavy atom. The smallest absolute Gasteiger partial charge is 0.279 e. The predicted molar refractivity (Wildman–Crippen MR) is 108 cm³/mol. The van der Waals surface area contributed by atoms with Crippen LogP contribution in [0.4, 0.5) is 0 Å². The number of thiazole rings is 1. The number of amides is 1. The van der Waals surface area contributed by atoms with Crippen LogP contribution in [0, 0.1) is 0 Å². The van der Waals surface area contributed by atoms with Crippen molar-refractivity contribution in [1.82, 2.24) is 4.57 Å². The van der Waals surface area contributed by atoms with Crippen LogP contribution in [0.2, 0.25) is 5.02 Å². The molecule has 0 aliphatic rings. The van der Waals surface area contributed by atoms with Gasteiger partial charge in [-0.2, -0.15) is 4.99 Å². The number of ketones is 1. The molecule has 0 bridgehead atoms. The van der Waals surface area contributed by atoms with Crippen molar-refractivity contribution in [3.05, 3.63) is 63.4 Å². The van der Waals surface area contributed by atoms with E-state index in [4.69, 9.17) is 16.3 Å². The van der Waals surface area contributed by atoms with Gasteiger partial charge in [-0.05, 0) is 38.1 Å². The summed E-state index contributed by atoms with van der Waals surface area (Å²) < 4.78 is 8.33. The highest BCUT2D eigenvalue weighted by Crippen LogP contribution is 2.25. The molecule has 0 spiro atoms. The van der Waals surface area contributed by atoms with E-state index in [0.717, 1.165) is 10.2 Å². The molecular weight excluding hydrogens is 384 g/mol. The number of fused-ring (bicyclic) bond motifs is 1. The minimum Gasteiger partial charge on any atom is -0.380 e. The summed E-state index contributed by atoms with van der Waals surface area (Å²) in [6.07, 6.45) is 0. The van der Waals surface area contributed by atoms with E-state index in [0.29, 0.717) is 40.7 Å². The number of benzene rings is 2. The Kier molecular flexibility index (Phi) is 6.21. The fourth-order valence-corrected chi connectivity index (χ4v) is 4.09. The number of Topliss-reactive ketones (excluding diaryl/α,β-unsaturated/α-hetero) is 1. The summed E-state index contributed by atoms with van der Waals surface area (Å²) in [5.74, 6) is -0.406. The lowest BCUT2D eigenvalue weighted by molar-refractivity contribution is 0.0990. The van der Waals surface area contributed by atoms with E-state index in [1.165, 1.54) is 18.3 Å². The summed E-state index contributed by atoms with van der Waals surface area (Å²) in [5.41, 5.74) is 1.84. The van der Waals surface area contributed by atoms with Gasteiger partial charge in [0.2, 0.25) is 0 Å². The summed E-state index contributed by atoms with van der Waals surface area (Å²) >= 11 is 7.78. The molecule has 1 heterocycles. The van der Waals surface area contributed by atoms with Gasteiger partial charge < -0.3 is 9.30 Å². The molecule has 0 fully saturated rings. The van der Waals surface area contributed by atoms with Gasteiger partial charge in [0, 0.05) is 24.3 Å². The molecule has 1 aromatic heterocycles. The zero-order chi connectivity index (χ0) is 19.4. The van der Waals surface area contributed by atoms with Crippen molar-refractivity contribution in [2.45, 2.75) is 20.4 Å². The average molecular weight is 403 g/mol. The van der Waals surface area contributed by atoms with Crippen LogP contribution >= 0.6 is 22.9 Å². The molecule has 0 unspecified atom stereocenters. The van der Waals surface area contributed by atoms with Gasteiger partial charge in [-0.3, -0.25) is 9.59 Å². The Hall–Kier alpha value is -2.28. The molecule has 0 saturated heterocycles. The first kappa shape index (κ1) is 19.5. The molecule has 27 heavy (non-hydrogen) atoms. The van der Waals surface area contributed by atoms with Crippen molar-refractivity contribution in [1.29, 1.82) is 0 Å². The maximum Gasteiger partial charge on any atom is 0.279 e. The number of nitrogens with zero attached hydrogens (tertiary/aromatic N) is 2. The Bertz CT molecular complexity index is 1050. The number of hydrogen-bond acceptors (Lipinski definition) is 4. The van der Waals surface area contributed by atoms with Crippen molar-refractivity contribution in [3.63, 3.8) is 0 Å². The Morgan fingerprint density at radius 2 is 1.85 bits per heavy atom. The first-order chi connectivity index (χ1) is 13.0. The molecule has 140 valence electrons. The van der Waals surface area contributed by atoms with Gasteiger partial charge in [0.1, 0.15) is 0 Å². The van der Waals surface area contributed by atoms with E-state index < -0.39 is 0 Å². The van der Waals surface area contributed by atoms with Crippen LogP contribution in [0.3, 0.4) is 0 Å². The summed E-state index contributed by atoms with van der Waals surface area (Å²) in [6.45, 7) is 5.09. The Labute approximate surface area is 165 Å². The van der Waals surface area contributed by atoms with Crippen LogP contribution in [-0.4, -0.2) is 29.5 Å². The number of aromatic nitrogens is 1. The van der Waals surface area contributed by atoms with Crippen molar-refractivity contribution < 1.29 is 14.3 Å². The monoisotopic (exact) mass is 402 g/mol. The molecule has 0 N–H and O–H groups in total. The quantitative estimate of drug-likeness (QED) is 0.455. The van der Waals surface area contributed by atoms with Gasteiger partial charge in [-0.25, -0.2) is 0 Å². The number of para-hydroxylation sites is 1. The third-order valence-electron chi connectivity index (χ3n) is 4.05. The molecule has 0 saturated carbocycles. The molecule has 3 rings (SSSR count). The maximum atomic E-state index is 12.6. The van der Waals surface area contributed by atoms with Crippen LogP contribution < -0.4 is 4.80 Å². The van der Waals surface area contributed by atoms with Crippen LogP contribution in [0.1, 0.15) is 34.6 Å². The van der Waals surface area contributed by atoms with Crippen LogP contribution in [0.25, 0.3) is 10.2 Å². The van der Waals surface area contributed by atoms with Gasteiger partial charge in [-0.1, -0.05) is 41.1 Å². The van der Waals surface area contributed by atoms with Crippen molar-refractivity contribution in [2.24, 2.45) is 4.99 Å². The van der Waals surface area contributed by atoms with E-state index in [9.17, 15) is 9.59 Å². The molecule has 1 amide bonds. The molecule has 7 heteroatoms. The third kappa shape index (κ3) is 4.35. The normalized spacial score (nSPS) is 11.9. The predicted octanol–water partition coefficient (Wildman–Crippen LogP) is 4.34. The molecular formula is C20H19ClN2O3S. The van der Waals surface area contributed by atoms with E-state index >= 15 is 0 Å². The fraction of sp³-hybridized carbons (Fsp3) is 0.250. The number of carbonyl (C=O) groups excluding carboxylic acids is 2. The summed E-state index contributed by atoms with van der Waals surface area (Å²) in [7, 11) is 0. The van der Waals surface area contributed by atoms with E-state index in [1.807, 2.05) is 29.7 Å². The third-order valence-corrected chi connectivity index (χ3v) is 5.40. The highest BCUT2D eigenvalue weighted by molar-refractivity contribution is 7.16. The van der Waals surface area contributed by atoms with E-state index in [-0.39, 0.29) is 11.7 Å². The number of ether oxygens (including phenoxy) is 1. The Morgan fingerprint density at radius 1 is 1.15 bits per heavy atom. The molecule has 2 aromatic carbocycles. The van der Waals surface area contributed by atoms with E-state index in [2.05, 4.69) is 4.99 Å². The van der Waals surface area contributed by atoms with Crippen molar-refractivity contribution >= 4 is 44.8 Å². The molecule has 3 aromatic rings. The van der Waals surface area contributed by atoms with Crippen LogP contribution in [0.5, 0.6) is 0 Å². The number of rotatable bonds is 6. The highest BCUT2D eigenvalue weighted by atomic mass is 35.5. The van der Waals surface area contributed by atoms with Crippen molar-refractivity contribution in [2.75, 3.05) is 13.2 Å². The zero-order valence-electron chi connectivity index (χ0n) is 15.1. The van der Waals surface area contributed by atoms with Gasteiger partial charge in [-0.15, -0.1) is 0 Å². The molecule has 0 radical (unpaired) electrons. The Balaban J connectivity index is 2.03. The lowest BCUT2D eigenvalue weighted by Gasteiger charge is -2.06. The van der Waals surface area contributed by atoms with E-state index in [1.54, 1.807) is 24.3 Å². The second-order valence-electron chi connectivity index (χ2n) is 5.87. The minimum atomic E-state index is -0.363. The number of hydrogen-bond donors (Lipinski definition) is 0. The SMILES string of the molecule is CCOCCn1c(=NC(=O)c2ccc(C(C)=O)cc2)sc2cccc(Cl)c21. The highest BCUT2D eigenvalue weighted by Gasteiger charge is 2.12. The molecule has 5 nitrogen and oxygen atoms in total. The number of carbonyl (C=O) groups is 2. The maximum absolute atomic E-state index is 12.6. The largest absolute Gasteiger partial charge is 0.380 e. The fourth-order valence-electron chi connectivity index (χ4n) is 2.68. The molecule has 0 aliphatic heterocycles. The van der Waals surface area contributed by atoms with Crippen molar-refractivity contribution in [3.8, 4) is 0 Å².